The van der Waals surface area contributed by atoms with Gasteiger partial charge in [0, 0.05) is 5.56 Å². The third kappa shape index (κ3) is 4.02. The lowest BCUT2D eigenvalue weighted by Crippen LogP contribution is -2.32. The maximum Gasteiger partial charge on any atom is 0.264 e. The van der Waals surface area contributed by atoms with Crippen LogP contribution in [0.1, 0.15) is 30.1 Å². The van der Waals surface area contributed by atoms with E-state index < -0.39 is 15.9 Å². The van der Waals surface area contributed by atoms with E-state index in [2.05, 4.69) is 6.07 Å². The average Bonchev–Trinajstić information content (AvgIpc) is 2.27. The van der Waals surface area contributed by atoms with E-state index in [4.69, 9.17) is 0 Å². The molecule has 1 radical (unpaired) electrons. The van der Waals surface area contributed by atoms with Crippen LogP contribution < -0.4 is 4.72 Å². The van der Waals surface area contributed by atoms with Crippen LogP contribution in [-0.2, 0) is 10.0 Å². The van der Waals surface area contributed by atoms with E-state index in [0.717, 1.165) is 6.42 Å². The summed E-state index contributed by atoms with van der Waals surface area (Å²) in [5.41, 5.74) is 0.318. The van der Waals surface area contributed by atoms with Gasteiger partial charge in [-0.15, -0.1) is 0 Å². The molecule has 0 aliphatic carbocycles. The normalized spacial score (nSPS) is 11.1. The van der Waals surface area contributed by atoms with Gasteiger partial charge in [-0.05, 0) is 24.6 Å². The van der Waals surface area contributed by atoms with Crippen molar-refractivity contribution in [2.24, 2.45) is 0 Å². The van der Waals surface area contributed by atoms with E-state index in [1.165, 1.54) is 12.1 Å². The van der Waals surface area contributed by atoms with Crippen molar-refractivity contribution in [3.63, 3.8) is 0 Å². The first kappa shape index (κ1) is 12.7. The van der Waals surface area contributed by atoms with Crippen molar-refractivity contribution in [2.45, 2.75) is 19.8 Å². The molecule has 0 spiro atoms. The van der Waals surface area contributed by atoms with Crippen LogP contribution in [0.25, 0.3) is 0 Å². The van der Waals surface area contributed by atoms with Crippen molar-refractivity contribution < 1.29 is 13.2 Å². The third-order valence-corrected chi connectivity index (χ3v) is 3.32. The molecule has 87 valence electrons. The molecular formula is C11H14NO3S. The van der Waals surface area contributed by atoms with E-state index in [1.54, 1.807) is 12.1 Å². The highest BCUT2D eigenvalue weighted by Crippen LogP contribution is 2.00. The van der Waals surface area contributed by atoms with Gasteiger partial charge >= 0.3 is 0 Å². The zero-order chi connectivity index (χ0) is 12.0. The Kier molecular flexibility index (Phi) is 4.49. The van der Waals surface area contributed by atoms with Gasteiger partial charge in [-0.3, -0.25) is 4.79 Å². The molecule has 0 saturated carbocycles. The fourth-order valence-corrected chi connectivity index (χ4v) is 2.29. The molecule has 5 heteroatoms. The summed E-state index contributed by atoms with van der Waals surface area (Å²) in [5.74, 6) is -0.612. The van der Waals surface area contributed by atoms with Gasteiger partial charge < -0.3 is 0 Å². The molecule has 1 aromatic carbocycles. The summed E-state index contributed by atoms with van der Waals surface area (Å²) in [6, 6.07) is 8.92. The van der Waals surface area contributed by atoms with E-state index >= 15 is 0 Å². The van der Waals surface area contributed by atoms with Gasteiger partial charge in [0.2, 0.25) is 10.0 Å². The molecule has 1 aromatic rings. The fourth-order valence-electron chi connectivity index (χ4n) is 1.12. The van der Waals surface area contributed by atoms with Crippen molar-refractivity contribution in [3.8, 4) is 0 Å². The van der Waals surface area contributed by atoms with Crippen LogP contribution in [0.3, 0.4) is 0 Å². The topological polar surface area (TPSA) is 63.2 Å². The zero-order valence-corrected chi connectivity index (χ0v) is 9.88. The number of unbranched alkanes of at least 4 members (excludes halogenated alkanes) is 1. The minimum absolute atomic E-state index is 0.0196. The van der Waals surface area contributed by atoms with Gasteiger partial charge in [0.25, 0.3) is 5.91 Å². The van der Waals surface area contributed by atoms with Gasteiger partial charge in [0.15, 0.2) is 0 Å². The van der Waals surface area contributed by atoms with Gasteiger partial charge in [-0.1, -0.05) is 25.5 Å². The average molecular weight is 240 g/mol. The summed E-state index contributed by atoms with van der Waals surface area (Å²) in [4.78, 5) is 11.5. The largest absolute Gasteiger partial charge is 0.268 e. The number of rotatable bonds is 5. The molecule has 16 heavy (non-hydrogen) atoms. The lowest BCUT2D eigenvalue weighted by atomic mass is 10.2. The highest BCUT2D eigenvalue weighted by Gasteiger charge is 2.14. The monoisotopic (exact) mass is 240 g/mol. The summed E-state index contributed by atoms with van der Waals surface area (Å²) < 4.78 is 24.9. The predicted octanol–water partition coefficient (Wildman–Crippen LogP) is 1.35. The summed E-state index contributed by atoms with van der Waals surface area (Å²) in [7, 11) is -3.50. The Bertz CT molecular complexity index is 440. The van der Waals surface area contributed by atoms with Crippen LogP contribution in [0.4, 0.5) is 0 Å². The molecule has 0 aromatic heterocycles. The van der Waals surface area contributed by atoms with Crippen molar-refractivity contribution in [1.82, 2.24) is 4.72 Å². The van der Waals surface area contributed by atoms with E-state index in [9.17, 15) is 13.2 Å². The van der Waals surface area contributed by atoms with Gasteiger partial charge in [0.05, 0.1) is 5.75 Å². The SMILES string of the molecule is CCCCS(=O)(=O)NC(=O)c1cc[c]cc1. The van der Waals surface area contributed by atoms with Gasteiger partial charge in [0.1, 0.15) is 0 Å². The Morgan fingerprint density at radius 1 is 1.38 bits per heavy atom. The maximum atomic E-state index is 11.5. The molecule has 1 rings (SSSR count). The smallest absolute Gasteiger partial charge is 0.264 e. The standard InChI is InChI=1S/C11H14NO3S/c1-2-3-9-16(14,15)12-11(13)10-7-5-4-6-8-10/h5-8H,2-3,9H2,1H3,(H,12,13). The minimum atomic E-state index is -3.50. The van der Waals surface area contributed by atoms with Crippen LogP contribution in [0.15, 0.2) is 24.3 Å². The molecular weight excluding hydrogens is 226 g/mol. The highest BCUT2D eigenvalue weighted by atomic mass is 32.2. The maximum absolute atomic E-state index is 11.5. The summed E-state index contributed by atoms with van der Waals surface area (Å²) >= 11 is 0. The first-order valence-corrected chi connectivity index (χ1v) is 6.71. The molecule has 0 saturated heterocycles. The van der Waals surface area contributed by atoms with Crippen LogP contribution in [0.5, 0.6) is 0 Å². The van der Waals surface area contributed by atoms with Crippen LogP contribution in [0, 0.1) is 6.07 Å². The van der Waals surface area contributed by atoms with Crippen molar-refractivity contribution in [2.75, 3.05) is 5.75 Å². The van der Waals surface area contributed by atoms with Crippen molar-refractivity contribution >= 4 is 15.9 Å². The second kappa shape index (κ2) is 5.65. The number of carbonyl (C=O) groups is 1. The number of sulfonamides is 1. The van der Waals surface area contributed by atoms with Gasteiger partial charge in [-0.25, -0.2) is 13.1 Å². The highest BCUT2D eigenvalue weighted by molar-refractivity contribution is 7.90. The van der Waals surface area contributed by atoms with Crippen LogP contribution >= 0.6 is 0 Å². The Labute approximate surface area is 95.7 Å². The molecule has 1 amide bonds. The Balaban J connectivity index is 2.65. The predicted molar refractivity (Wildman–Crippen MR) is 61.4 cm³/mol. The summed E-state index contributed by atoms with van der Waals surface area (Å²) in [6.45, 7) is 1.89. The number of amides is 1. The minimum Gasteiger partial charge on any atom is -0.268 e. The van der Waals surface area contributed by atoms with E-state index in [-0.39, 0.29) is 5.75 Å². The molecule has 0 fully saturated rings. The number of hydrogen-bond donors (Lipinski definition) is 1. The third-order valence-electron chi connectivity index (χ3n) is 2.00. The molecule has 0 bridgehead atoms. The molecule has 0 aliphatic rings. The second-order valence-corrected chi connectivity index (χ2v) is 5.23. The number of nitrogens with one attached hydrogen (secondary N) is 1. The number of benzene rings is 1. The van der Waals surface area contributed by atoms with E-state index in [0.29, 0.717) is 12.0 Å². The summed E-state index contributed by atoms with van der Waals surface area (Å²) in [5, 5.41) is 0. The quantitative estimate of drug-likeness (QED) is 0.845. The molecule has 0 aliphatic heterocycles. The Morgan fingerprint density at radius 2 is 2.00 bits per heavy atom. The number of carbonyl (C=O) groups excluding carboxylic acids is 1. The van der Waals surface area contributed by atoms with Gasteiger partial charge in [-0.2, -0.15) is 0 Å². The van der Waals surface area contributed by atoms with Crippen molar-refractivity contribution in [3.05, 3.63) is 35.9 Å². The Morgan fingerprint density at radius 3 is 2.56 bits per heavy atom. The second-order valence-electron chi connectivity index (χ2n) is 3.39. The summed E-state index contributed by atoms with van der Waals surface area (Å²) in [6.07, 6.45) is 1.32. The number of hydrogen-bond acceptors (Lipinski definition) is 3. The molecule has 4 nitrogen and oxygen atoms in total. The first-order chi connectivity index (χ1) is 7.55. The zero-order valence-electron chi connectivity index (χ0n) is 9.06. The lowest BCUT2D eigenvalue weighted by molar-refractivity contribution is 0.0981. The van der Waals surface area contributed by atoms with E-state index in [1.807, 2.05) is 11.6 Å². The lowest BCUT2D eigenvalue weighted by Gasteiger charge is -2.05. The van der Waals surface area contributed by atoms with Crippen molar-refractivity contribution in [1.29, 1.82) is 0 Å². The molecule has 0 unspecified atom stereocenters. The molecule has 0 atom stereocenters. The first-order valence-electron chi connectivity index (χ1n) is 5.06. The molecule has 1 N–H and O–H groups in total. The fraction of sp³-hybridized carbons (Fsp3) is 0.364. The van der Waals surface area contributed by atoms with Crippen LogP contribution in [-0.4, -0.2) is 20.1 Å². The molecule has 0 heterocycles. The van der Waals surface area contributed by atoms with Crippen LogP contribution in [0.2, 0.25) is 0 Å². The Hall–Kier alpha value is -1.36.